The molecule has 0 saturated carbocycles. The second-order valence-corrected chi connectivity index (χ2v) is 8.87. The SMILES string of the molecule is [C-]#[N+]C(C)(C)c1cc(-c2nc(C)nc3[nH]c4cc(-c5c(C)noc5C)c(OC)cc4c23)ccn1. The van der Waals surface area contributed by atoms with E-state index in [1.807, 2.05) is 58.9 Å². The summed E-state index contributed by atoms with van der Waals surface area (Å²) in [5, 5.41) is 5.94. The predicted molar refractivity (Wildman–Crippen MR) is 131 cm³/mol. The Labute approximate surface area is 196 Å². The number of hydrogen-bond acceptors (Lipinski definition) is 6. The zero-order valence-electron chi connectivity index (χ0n) is 19.9. The van der Waals surface area contributed by atoms with Gasteiger partial charge in [0.05, 0.1) is 29.4 Å². The average Bonchev–Trinajstić information content (AvgIpc) is 3.35. The number of ether oxygens (including phenoxy) is 1. The van der Waals surface area contributed by atoms with Crippen molar-refractivity contribution in [3.05, 3.63) is 64.9 Å². The molecule has 0 radical (unpaired) electrons. The van der Waals surface area contributed by atoms with E-state index in [4.69, 9.17) is 20.8 Å². The fraction of sp³-hybridized carbons (Fsp3) is 0.269. The van der Waals surface area contributed by atoms with E-state index in [2.05, 4.69) is 25.0 Å². The number of nitrogens with zero attached hydrogens (tertiary/aromatic N) is 5. The molecular formula is C26H24N6O2. The molecule has 8 heteroatoms. The van der Waals surface area contributed by atoms with Gasteiger partial charge in [-0.1, -0.05) is 5.16 Å². The van der Waals surface area contributed by atoms with E-state index in [1.165, 1.54) is 0 Å². The van der Waals surface area contributed by atoms with Gasteiger partial charge in [-0.2, -0.15) is 0 Å². The zero-order chi connectivity index (χ0) is 24.2. The van der Waals surface area contributed by atoms with Crippen LogP contribution in [0.4, 0.5) is 0 Å². The molecule has 0 amide bonds. The minimum absolute atomic E-state index is 0.648. The van der Waals surface area contributed by atoms with Crippen LogP contribution < -0.4 is 4.74 Å². The smallest absolute Gasteiger partial charge is 0.268 e. The summed E-state index contributed by atoms with van der Waals surface area (Å²) < 4.78 is 11.2. The van der Waals surface area contributed by atoms with Crippen LogP contribution in [0.3, 0.4) is 0 Å². The number of nitrogens with one attached hydrogen (secondary N) is 1. The van der Waals surface area contributed by atoms with Crippen LogP contribution in [0.25, 0.3) is 49.2 Å². The quantitative estimate of drug-likeness (QED) is 0.340. The highest BCUT2D eigenvalue weighted by Gasteiger charge is 2.28. The fourth-order valence-corrected chi connectivity index (χ4v) is 4.35. The van der Waals surface area contributed by atoms with Crippen LogP contribution in [0.2, 0.25) is 0 Å². The molecule has 1 N–H and O–H groups in total. The first-order valence-electron chi connectivity index (χ1n) is 10.9. The molecular weight excluding hydrogens is 428 g/mol. The molecule has 8 nitrogen and oxygen atoms in total. The summed E-state index contributed by atoms with van der Waals surface area (Å²) in [4.78, 5) is 21.1. The van der Waals surface area contributed by atoms with Gasteiger partial charge in [0.2, 0.25) is 0 Å². The van der Waals surface area contributed by atoms with E-state index in [-0.39, 0.29) is 0 Å². The molecule has 0 aliphatic rings. The normalized spacial score (nSPS) is 11.8. The first-order chi connectivity index (χ1) is 16.2. The van der Waals surface area contributed by atoms with Crippen molar-refractivity contribution in [2.24, 2.45) is 0 Å². The van der Waals surface area contributed by atoms with Gasteiger partial charge in [-0.3, -0.25) is 4.98 Å². The summed E-state index contributed by atoms with van der Waals surface area (Å²) in [6.45, 7) is 16.9. The Kier molecular flexibility index (Phi) is 4.87. The van der Waals surface area contributed by atoms with E-state index >= 15 is 0 Å². The molecule has 0 aliphatic heterocycles. The van der Waals surface area contributed by atoms with Crippen molar-refractivity contribution in [3.8, 4) is 28.1 Å². The topological polar surface area (TPSA) is 94.1 Å². The van der Waals surface area contributed by atoms with Crippen LogP contribution in [0.1, 0.15) is 36.8 Å². The molecule has 4 aromatic heterocycles. The van der Waals surface area contributed by atoms with Crippen LogP contribution in [-0.2, 0) is 5.54 Å². The number of hydrogen-bond donors (Lipinski definition) is 1. The van der Waals surface area contributed by atoms with Crippen LogP contribution in [0, 0.1) is 27.3 Å². The summed E-state index contributed by atoms with van der Waals surface area (Å²) in [7, 11) is 1.65. The number of methoxy groups -OCH3 is 1. The molecule has 5 rings (SSSR count). The first-order valence-corrected chi connectivity index (χ1v) is 10.9. The Morgan fingerprint density at radius 2 is 1.91 bits per heavy atom. The summed E-state index contributed by atoms with van der Waals surface area (Å²) >= 11 is 0. The summed E-state index contributed by atoms with van der Waals surface area (Å²) in [6.07, 6.45) is 1.73. The maximum absolute atomic E-state index is 7.55. The van der Waals surface area contributed by atoms with Crippen LogP contribution in [0.5, 0.6) is 5.75 Å². The van der Waals surface area contributed by atoms with Crippen LogP contribution in [0.15, 0.2) is 35.0 Å². The van der Waals surface area contributed by atoms with Crippen molar-refractivity contribution in [2.45, 2.75) is 40.2 Å². The Morgan fingerprint density at radius 1 is 1.12 bits per heavy atom. The van der Waals surface area contributed by atoms with Crippen molar-refractivity contribution < 1.29 is 9.26 Å². The second-order valence-electron chi connectivity index (χ2n) is 8.87. The number of rotatable bonds is 4. The Balaban J connectivity index is 1.81. The van der Waals surface area contributed by atoms with Gasteiger partial charge in [0.15, 0.2) is 0 Å². The summed E-state index contributed by atoms with van der Waals surface area (Å²) in [5.41, 5.74) is 5.88. The van der Waals surface area contributed by atoms with Gasteiger partial charge in [-0.25, -0.2) is 16.5 Å². The monoisotopic (exact) mass is 452 g/mol. The first kappa shape index (κ1) is 21.6. The zero-order valence-corrected chi connectivity index (χ0v) is 19.9. The highest BCUT2D eigenvalue weighted by Crippen LogP contribution is 2.41. The van der Waals surface area contributed by atoms with Gasteiger partial charge >= 0.3 is 0 Å². The molecule has 0 unspecified atom stereocenters. The number of benzene rings is 1. The molecule has 0 spiro atoms. The van der Waals surface area contributed by atoms with E-state index in [0.717, 1.165) is 55.8 Å². The highest BCUT2D eigenvalue weighted by molar-refractivity contribution is 6.13. The Morgan fingerprint density at radius 3 is 2.59 bits per heavy atom. The number of aromatic nitrogens is 5. The Hall–Kier alpha value is -4.25. The maximum atomic E-state index is 7.55. The molecule has 0 saturated heterocycles. The van der Waals surface area contributed by atoms with Crippen LogP contribution >= 0.6 is 0 Å². The predicted octanol–water partition coefficient (Wildman–Crippen LogP) is 5.92. The van der Waals surface area contributed by atoms with Gasteiger partial charge in [0, 0.05) is 42.1 Å². The summed E-state index contributed by atoms with van der Waals surface area (Å²) in [6, 6.07) is 7.90. The van der Waals surface area contributed by atoms with E-state index in [9.17, 15) is 0 Å². The molecule has 0 bridgehead atoms. The number of aryl methyl sites for hydroxylation is 3. The van der Waals surface area contributed by atoms with E-state index in [0.29, 0.717) is 17.3 Å². The molecule has 5 aromatic rings. The lowest BCUT2D eigenvalue weighted by Crippen LogP contribution is -2.13. The van der Waals surface area contributed by atoms with E-state index < -0.39 is 5.54 Å². The lowest BCUT2D eigenvalue weighted by atomic mass is 9.97. The number of aromatic amines is 1. The molecule has 0 aliphatic carbocycles. The third-order valence-electron chi connectivity index (χ3n) is 6.13. The third-order valence-corrected chi connectivity index (χ3v) is 6.13. The average molecular weight is 453 g/mol. The van der Waals surface area contributed by atoms with E-state index in [1.54, 1.807) is 13.3 Å². The molecule has 1 aromatic carbocycles. The van der Waals surface area contributed by atoms with Crippen molar-refractivity contribution in [1.29, 1.82) is 0 Å². The van der Waals surface area contributed by atoms with Crippen molar-refractivity contribution in [3.63, 3.8) is 0 Å². The van der Waals surface area contributed by atoms with Gasteiger partial charge < -0.3 is 19.1 Å². The Bertz CT molecular complexity index is 1600. The number of pyridine rings is 1. The van der Waals surface area contributed by atoms with Gasteiger partial charge in [-0.15, -0.1) is 0 Å². The second kappa shape index (κ2) is 7.66. The van der Waals surface area contributed by atoms with Crippen molar-refractivity contribution in [1.82, 2.24) is 25.1 Å². The lowest BCUT2D eigenvalue weighted by molar-refractivity contribution is 0.393. The standard InChI is InChI=1S/C26H24N6O2/c1-13-22(14(2)34-32-13)18-11-19-17(12-20(18)33-7)23-24(29-15(3)30-25(23)31-19)16-8-9-28-21(10-16)26(4,5)27-6/h8-12H,1-5,7H3,(H,29,30,31). The number of fused-ring (bicyclic) bond motifs is 3. The highest BCUT2D eigenvalue weighted by atomic mass is 16.5. The molecule has 0 fully saturated rings. The van der Waals surface area contributed by atoms with Crippen LogP contribution in [-0.4, -0.2) is 32.2 Å². The minimum atomic E-state index is -0.732. The molecule has 170 valence electrons. The maximum Gasteiger partial charge on any atom is 0.268 e. The van der Waals surface area contributed by atoms with Gasteiger partial charge in [0.1, 0.15) is 28.7 Å². The van der Waals surface area contributed by atoms with Gasteiger partial charge in [-0.05, 0) is 45.0 Å². The van der Waals surface area contributed by atoms with Gasteiger partial charge in [0.25, 0.3) is 5.54 Å². The largest absolute Gasteiger partial charge is 0.496 e. The summed E-state index contributed by atoms with van der Waals surface area (Å²) in [5.74, 6) is 2.09. The van der Waals surface area contributed by atoms with Crippen molar-refractivity contribution in [2.75, 3.05) is 7.11 Å². The number of H-pyrrole nitrogens is 1. The third kappa shape index (κ3) is 3.28. The minimum Gasteiger partial charge on any atom is -0.496 e. The molecule has 4 heterocycles. The van der Waals surface area contributed by atoms with Crippen molar-refractivity contribution >= 4 is 21.9 Å². The molecule has 0 atom stereocenters. The fourth-order valence-electron chi connectivity index (χ4n) is 4.35. The lowest BCUT2D eigenvalue weighted by Gasteiger charge is -2.12. The molecule has 34 heavy (non-hydrogen) atoms.